The Balaban J connectivity index is 1.87. The Labute approximate surface area is 137 Å². The minimum Gasteiger partial charge on any atom is -0.494 e. The predicted octanol–water partition coefficient (Wildman–Crippen LogP) is 4.53. The van der Waals surface area contributed by atoms with Crippen molar-refractivity contribution in [2.24, 2.45) is 0 Å². The Morgan fingerprint density at radius 1 is 0.750 bits per heavy atom. The molecule has 24 heavy (non-hydrogen) atoms. The molecule has 0 aromatic heterocycles. The molecule has 0 aliphatic carbocycles. The Morgan fingerprint density at radius 2 is 1.25 bits per heavy atom. The van der Waals surface area contributed by atoms with E-state index in [1.807, 2.05) is 0 Å². The normalized spacial score (nSPS) is 11.2. The van der Waals surface area contributed by atoms with Crippen molar-refractivity contribution >= 4 is 0 Å². The minimum absolute atomic E-state index is 0.142. The van der Waals surface area contributed by atoms with E-state index in [1.54, 1.807) is 24.3 Å². The molecule has 1 N–H and O–H groups in total. The maximum absolute atomic E-state index is 12.1. The molecule has 0 unspecified atom stereocenters. The average Bonchev–Trinajstić information content (AvgIpc) is 2.54. The van der Waals surface area contributed by atoms with Gasteiger partial charge >= 0.3 is 6.36 Å². The SMILES string of the molecule is OCCCCOc1ccc(Oc2ccc(OC(F)(F)F)cc2)cc1. The zero-order valence-corrected chi connectivity index (χ0v) is 12.8. The number of hydrogen-bond acceptors (Lipinski definition) is 4. The highest BCUT2D eigenvalue weighted by Gasteiger charge is 2.30. The summed E-state index contributed by atoms with van der Waals surface area (Å²) in [5, 5.41) is 8.68. The number of aliphatic hydroxyl groups is 1. The fourth-order valence-corrected chi connectivity index (χ4v) is 1.85. The van der Waals surface area contributed by atoms with Gasteiger partial charge in [-0.15, -0.1) is 13.2 Å². The van der Waals surface area contributed by atoms with Gasteiger partial charge in [0.05, 0.1) is 6.61 Å². The van der Waals surface area contributed by atoms with Gasteiger partial charge < -0.3 is 19.3 Å². The lowest BCUT2D eigenvalue weighted by Gasteiger charge is -2.10. The fourth-order valence-electron chi connectivity index (χ4n) is 1.85. The van der Waals surface area contributed by atoms with Gasteiger partial charge in [0.1, 0.15) is 23.0 Å². The highest BCUT2D eigenvalue weighted by atomic mass is 19.4. The lowest BCUT2D eigenvalue weighted by Crippen LogP contribution is -2.16. The van der Waals surface area contributed by atoms with Gasteiger partial charge in [0.2, 0.25) is 0 Å². The van der Waals surface area contributed by atoms with Crippen LogP contribution in [0.2, 0.25) is 0 Å². The summed E-state index contributed by atoms with van der Waals surface area (Å²) in [5.74, 6) is 1.29. The van der Waals surface area contributed by atoms with Crippen LogP contribution < -0.4 is 14.2 Å². The number of benzene rings is 2. The van der Waals surface area contributed by atoms with Crippen molar-refractivity contribution in [3.63, 3.8) is 0 Å². The lowest BCUT2D eigenvalue weighted by atomic mass is 10.3. The van der Waals surface area contributed by atoms with Crippen molar-refractivity contribution in [1.29, 1.82) is 0 Å². The van der Waals surface area contributed by atoms with Crippen molar-refractivity contribution in [2.45, 2.75) is 19.2 Å². The maximum atomic E-state index is 12.1. The number of ether oxygens (including phenoxy) is 3. The van der Waals surface area contributed by atoms with Crippen molar-refractivity contribution in [2.75, 3.05) is 13.2 Å². The molecule has 0 heterocycles. The molecule has 2 aromatic rings. The Morgan fingerprint density at radius 3 is 1.75 bits per heavy atom. The van der Waals surface area contributed by atoms with Crippen LogP contribution in [-0.4, -0.2) is 24.7 Å². The van der Waals surface area contributed by atoms with Crippen molar-refractivity contribution in [3.8, 4) is 23.0 Å². The highest BCUT2D eigenvalue weighted by Crippen LogP contribution is 2.28. The highest BCUT2D eigenvalue weighted by molar-refractivity contribution is 5.37. The summed E-state index contributed by atoms with van der Waals surface area (Å²) in [7, 11) is 0. The summed E-state index contributed by atoms with van der Waals surface area (Å²) in [5.41, 5.74) is 0. The smallest absolute Gasteiger partial charge is 0.494 e. The summed E-state index contributed by atoms with van der Waals surface area (Å²) < 4.78 is 51.1. The van der Waals surface area contributed by atoms with Crippen LogP contribution in [-0.2, 0) is 0 Å². The standard InChI is InChI=1S/C17H17F3O4/c18-17(19,20)24-16-9-7-15(8-10-16)23-14-5-3-13(4-6-14)22-12-2-1-11-21/h3-10,21H,1-2,11-12H2. The molecule has 0 saturated carbocycles. The minimum atomic E-state index is -4.71. The molecule has 0 spiro atoms. The second-order valence-electron chi connectivity index (χ2n) is 4.87. The monoisotopic (exact) mass is 342 g/mol. The first-order chi connectivity index (χ1) is 11.5. The number of rotatable bonds is 8. The van der Waals surface area contributed by atoms with Gasteiger partial charge in [0.15, 0.2) is 0 Å². The first-order valence-electron chi connectivity index (χ1n) is 7.34. The number of halogens is 3. The summed E-state index contributed by atoms with van der Waals surface area (Å²) in [6, 6.07) is 12.0. The molecule has 0 radical (unpaired) electrons. The van der Waals surface area contributed by atoms with Crippen LogP contribution >= 0.6 is 0 Å². The second-order valence-corrected chi connectivity index (χ2v) is 4.87. The lowest BCUT2D eigenvalue weighted by molar-refractivity contribution is -0.274. The molecule has 0 aliphatic heterocycles. The van der Waals surface area contributed by atoms with Crippen LogP contribution in [0.4, 0.5) is 13.2 Å². The van der Waals surface area contributed by atoms with E-state index in [9.17, 15) is 13.2 Å². The van der Waals surface area contributed by atoms with Crippen molar-refractivity contribution < 1.29 is 32.5 Å². The van der Waals surface area contributed by atoms with Crippen LogP contribution in [0.15, 0.2) is 48.5 Å². The van der Waals surface area contributed by atoms with Gasteiger partial charge in [-0.05, 0) is 61.4 Å². The molecule has 0 saturated heterocycles. The maximum Gasteiger partial charge on any atom is 0.573 e. The molecule has 4 nitrogen and oxygen atoms in total. The van der Waals surface area contributed by atoms with Crippen LogP contribution in [0.5, 0.6) is 23.0 Å². The van der Waals surface area contributed by atoms with E-state index in [1.165, 1.54) is 24.3 Å². The van der Waals surface area contributed by atoms with E-state index < -0.39 is 6.36 Å². The van der Waals surface area contributed by atoms with E-state index >= 15 is 0 Å². The third-order valence-corrected chi connectivity index (χ3v) is 2.94. The van der Waals surface area contributed by atoms with Gasteiger partial charge in [0, 0.05) is 6.61 Å². The van der Waals surface area contributed by atoms with Crippen LogP contribution in [0, 0.1) is 0 Å². The molecule has 2 rings (SSSR count). The molecular formula is C17H17F3O4. The van der Waals surface area contributed by atoms with Crippen LogP contribution in [0.1, 0.15) is 12.8 Å². The summed E-state index contributed by atoms with van der Waals surface area (Å²) in [6.45, 7) is 0.657. The van der Waals surface area contributed by atoms with E-state index in [4.69, 9.17) is 14.6 Å². The number of aliphatic hydroxyl groups excluding tert-OH is 1. The molecule has 7 heteroatoms. The average molecular weight is 342 g/mol. The zero-order valence-electron chi connectivity index (χ0n) is 12.8. The third-order valence-electron chi connectivity index (χ3n) is 2.94. The first-order valence-corrected chi connectivity index (χ1v) is 7.34. The molecule has 0 bridgehead atoms. The Bertz CT molecular complexity index is 609. The van der Waals surface area contributed by atoms with Gasteiger partial charge in [-0.2, -0.15) is 0 Å². The van der Waals surface area contributed by atoms with Gasteiger partial charge in [-0.25, -0.2) is 0 Å². The summed E-state index contributed by atoms with van der Waals surface area (Å²) >= 11 is 0. The van der Waals surface area contributed by atoms with E-state index in [0.717, 1.165) is 6.42 Å². The zero-order chi connectivity index (χ0) is 17.4. The quantitative estimate of drug-likeness (QED) is 0.716. The summed E-state index contributed by atoms with van der Waals surface area (Å²) in [6.07, 6.45) is -3.26. The van der Waals surface area contributed by atoms with E-state index in [-0.39, 0.29) is 12.4 Å². The molecule has 0 atom stereocenters. The molecular weight excluding hydrogens is 325 g/mol. The number of unbranched alkanes of at least 4 members (excludes halogenated alkanes) is 1. The molecule has 2 aromatic carbocycles. The van der Waals surface area contributed by atoms with Crippen LogP contribution in [0.25, 0.3) is 0 Å². The largest absolute Gasteiger partial charge is 0.573 e. The van der Waals surface area contributed by atoms with Crippen molar-refractivity contribution in [1.82, 2.24) is 0 Å². The molecule has 0 aliphatic rings. The molecule has 0 amide bonds. The number of hydrogen-bond donors (Lipinski definition) is 1. The topological polar surface area (TPSA) is 47.9 Å². The van der Waals surface area contributed by atoms with Gasteiger partial charge in [-0.1, -0.05) is 0 Å². The molecule has 130 valence electrons. The number of alkyl halides is 3. The fraction of sp³-hybridized carbons (Fsp3) is 0.294. The Kier molecular flexibility index (Phi) is 6.31. The van der Waals surface area contributed by atoms with Gasteiger partial charge in [0.25, 0.3) is 0 Å². The first kappa shape index (κ1) is 17.9. The van der Waals surface area contributed by atoms with Crippen molar-refractivity contribution in [3.05, 3.63) is 48.5 Å². The summed E-state index contributed by atoms with van der Waals surface area (Å²) in [4.78, 5) is 0. The Hall–Kier alpha value is -2.41. The predicted molar refractivity (Wildman–Crippen MR) is 81.5 cm³/mol. The van der Waals surface area contributed by atoms with Gasteiger partial charge in [-0.3, -0.25) is 0 Å². The third kappa shape index (κ3) is 6.37. The van der Waals surface area contributed by atoms with Crippen LogP contribution in [0.3, 0.4) is 0 Å². The van der Waals surface area contributed by atoms with E-state index in [2.05, 4.69) is 4.74 Å². The van der Waals surface area contributed by atoms with E-state index in [0.29, 0.717) is 30.3 Å². The molecule has 0 fully saturated rings. The second kappa shape index (κ2) is 8.44.